The Morgan fingerprint density at radius 2 is 1.97 bits per heavy atom. The van der Waals surface area contributed by atoms with Gasteiger partial charge in [-0.2, -0.15) is 4.98 Å². The Hall–Kier alpha value is -2.84. The smallest absolute Gasteiger partial charge is 0.222 e. The highest BCUT2D eigenvalue weighted by Gasteiger charge is 2.26. The number of benzene rings is 1. The van der Waals surface area contributed by atoms with E-state index in [1.165, 1.54) is 18.4 Å². The molecule has 1 fully saturated rings. The summed E-state index contributed by atoms with van der Waals surface area (Å²) in [4.78, 5) is 11.4. The van der Waals surface area contributed by atoms with Gasteiger partial charge in [0, 0.05) is 50.0 Å². The lowest BCUT2D eigenvalue weighted by Gasteiger charge is -2.40. The predicted molar refractivity (Wildman–Crippen MR) is 139 cm³/mol. The van der Waals surface area contributed by atoms with Gasteiger partial charge < -0.3 is 25.7 Å². The third kappa shape index (κ3) is 5.80. The Morgan fingerprint density at radius 3 is 2.71 bits per heavy atom. The number of likely N-dealkylation sites (tertiary alicyclic amines) is 1. The maximum absolute atomic E-state index is 5.97. The Balaban J connectivity index is 1.48. The van der Waals surface area contributed by atoms with Gasteiger partial charge in [0.05, 0.1) is 19.2 Å². The van der Waals surface area contributed by atoms with Crippen LogP contribution in [0.1, 0.15) is 51.2 Å². The zero-order valence-corrected chi connectivity index (χ0v) is 21.0. The zero-order chi connectivity index (χ0) is 24.1. The Labute approximate surface area is 202 Å². The van der Waals surface area contributed by atoms with Crippen molar-refractivity contribution in [1.82, 2.24) is 24.8 Å². The normalized spacial score (nSPS) is 14.6. The van der Waals surface area contributed by atoms with Gasteiger partial charge in [-0.05, 0) is 24.1 Å². The summed E-state index contributed by atoms with van der Waals surface area (Å²) in [6.45, 7) is 11.3. The molecule has 1 aliphatic rings. The second-order valence-corrected chi connectivity index (χ2v) is 9.60. The largest absolute Gasteiger partial charge is 0.496 e. The molecule has 1 saturated heterocycles. The van der Waals surface area contributed by atoms with Gasteiger partial charge in [-0.25, -0.2) is 4.98 Å². The second-order valence-electron chi connectivity index (χ2n) is 9.60. The fourth-order valence-electron chi connectivity index (χ4n) is 4.70. The van der Waals surface area contributed by atoms with Crippen LogP contribution in [0.2, 0.25) is 0 Å². The lowest BCUT2D eigenvalue weighted by atomic mass is 10.0. The van der Waals surface area contributed by atoms with Gasteiger partial charge in [-0.3, -0.25) is 4.90 Å². The number of ether oxygens (including phenoxy) is 1. The number of hydrogen-bond acceptors (Lipinski definition) is 7. The summed E-state index contributed by atoms with van der Waals surface area (Å²) in [5.41, 5.74) is 10.2. The molecule has 34 heavy (non-hydrogen) atoms. The molecule has 0 amide bonds. The number of aromatic nitrogens is 3. The number of nitrogens with one attached hydrogen (secondary N) is 2. The fourth-order valence-corrected chi connectivity index (χ4v) is 4.70. The quantitative estimate of drug-likeness (QED) is 0.350. The molecule has 0 aliphatic carbocycles. The van der Waals surface area contributed by atoms with E-state index >= 15 is 0 Å². The van der Waals surface area contributed by atoms with Crippen molar-refractivity contribution < 1.29 is 4.74 Å². The summed E-state index contributed by atoms with van der Waals surface area (Å²) in [5.74, 6) is 1.99. The number of fused-ring (bicyclic) bond motifs is 1. The molecule has 4 N–H and O–H groups in total. The third-order valence-electron chi connectivity index (χ3n) is 6.33. The van der Waals surface area contributed by atoms with Gasteiger partial charge in [-0.15, -0.1) is 0 Å². The van der Waals surface area contributed by atoms with Crippen LogP contribution < -0.4 is 21.1 Å². The SMILES string of the molecule is CCCCCNc1nc(N)nc2ccn(Cc3ccc(CN4CC(NC(C)C)C4)cc3OC)c12. The maximum Gasteiger partial charge on any atom is 0.222 e. The summed E-state index contributed by atoms with van der Waals surface area (Å²) in [6.07, 6.45) is 5.52. The molecule has 8 heteroatoms. The average Bonchev–Trinajstić information content (AvgIpc) is 3.18. The van der Waals surface area contributed by atoms with Crippen LogP contribution in [0.3, 0.4) is 0 Å². The van der Waals surface area contributed by atoms with Crippen LogP contribution >= 0.6 is 0 Å². The first-order valence-electron chi connectivity index (χ1n) is 12.5. The minimum Gasteiger partial charge on any atom is -0.496 e. The first-order valence-corrected chi connectivity index (χ1v) is 12.5. The second kappa shape index (κ2) is 11.1. The van der Waals surface area contributed by atoms with Crippen molar-refractivity contribution in [1.29, 1.82) is 0 Å². The highest BCUT2D eigenvalue weighted by atomic mass is 16.5. The van der Waals surface area contributed by atoms with Gasteiger partial charge in [0.2, 0.25) is 5.95 Å². The first-order chi connectivity index (χ1) is 16.5. The third-order valence-corrected chi connectivity index (χ3v) is 6.33. The predicted octanol–water partition coefficient (Wildman–Crippen LogP) is 3.85. The molecule has 0 atom stereocenters. The molecular weight excluding hydrogens is 426 g/mol. The van der Waals surface area contributed by atoms with Gasteiger partial charge in [0.25, 0.3) is 0 Å². The zero-order valence-electron chi connectivity index (χ0n) is 21.0. The van der Waals surface area contributed by atoms with E-state index in [-0.39, 0.29) is 0 Å². The van der Waals surface area contributed by atoms with Crippen LogP contribution in [0, 0.1) is 0 Å². The maximum atomic E-state index is 5.97. The summed E-state index contributed by atoms with van der Waals surface area (Å²) >= 11 is 0. The van der Waals surface area contributed by atoms with Crippen LogP contribution in [-0.4, -0.2) is 58.3 Å². The molecule has 0 saturated carbocycles. The number of methoxy groups -OCH3 is 1. The number of unbranched alkanes of at least 4 members (excludes halogenated alkanes) is 2. The molecule has 0 spiro atoms. The topological polar surface area (TPSA) is 93.3 Å². The van der Waals surface area contributed by atoms with Crippen molar-refractivity contribution in [3.05, 3.63) is 41.6 Å². The van der Waals surface area contributed by atoms with Gasteiger partial charge in [-0.1, -0.05) is 45.7 Å². The van der Waals surface area contributed by atoms with E-state index in [1.807, 2.05) is 12.3 Å². The molecule has 0 radical (unpaired) electrons. The minimum absolute atomic E-state index is 0.294. The van der Waals surface area contributed by atoms with Gasteiger partial charge in [0.15, 0.2) is 5.82 Å². The summed E-state index contributed by atoms with van der Waals surface area (Å²) < 4.78 is 7.96. The Kier molecular flexibility index (Phi) is 7.90. The van der Waals surface area contributed by atoms with Crippen LogP contribution in [-0.2, 0) is 13.1 Å². The number of rotatable bonds is 12. The first kappa shape index (κ1) is 24.3. The van der Waals surface area contributed by atoms with Gasteiger partial charge in [0.1, 0.15) is 11.3 Å². The van der Waals surface area contributed by atoms with Crippen molar-refractivity contribution in [2.75, 3.05) is 37.8 Å². The van der Waals surface area contributed by atoms with E-state index in [4.69, 9.17) is 10.5 Å². The Bertz CT molecular complexity index is 1090. The highest BCUT2D eigenvalue weighted by molar-refractivity contribution is 5.87. The summed E-state index contributed by atoms with van der Waals surface area (Å²) in [5, 5.41) is 7.07. The van der Waals surface area contributed by atoms with Crippen molar-refractivity contribution >= 4 is 22.8 Å². The van der Waals surface area contributed by atoms with Gasteiger partial charge >= 0.3 is 0 Å². The highest BCUT2D eigenvalue weighted by Crippen LogP contribution is 2.28. The Morgan fingerprint density at radius 1 is 1.15 bits per heavy atom. The average molecular weight is 466 g/mol. The van der Waals surface area contributed by atoms with Crippen molar-refractivity contribution in [3.63, 3.8) is 0 Å². The summed E-state index contributed by atoms with van der Waals surface area (Å²) in [7, 11) is 1.74. The molecule has 184 valence electrons. The van der Waals surface area contributed by atoms with Crippen LogP contribution in [0.25, 0.3) is 11.0 Å². The molecular formula is C26H39N7O. The number of nitrogens with two attached hydrogens (primary N) is 1. The monoisotopic (exact) mass is 465 g/mol. The molecule has 2 aromatic heterocycles. The number of hydrogen-bond donors (Lipinski definition) is 3. The van der Waals surface area contributed by atoms with Crippen molar-refractivity contribution in [3.8, 4) is 5.75 Å². The van der Waals surface area contributed by atoms with Crippen LogP contribution in [0.15, 0.2) is 30.5 Å². The van der Waals surface area contributed by atoms with E-state index in [0.717, 1.165) is 60.8 Å². The lowest BCUT2D eigenvalue weighted by molar-refractivity contribution is 0.113. The minimum atomic E-state index is 0.294. The lowest BCUT2D eigenvalue weighted by Crippen LogP contribution is -2.58. The van der Waals surface area contributed by atoms with Crippen LogP contribution in [0.5, 0.6) is 5.75 Å². The number of anilines is 2. The molecule has 0 unspecified atom stereocenters. The molecule has 1 aromatic carbocycles. The van der Waals surface area contributed by atoms with Crippen LogP contribution in [0.4, 0.5) is 11.8 Å². The summed E-state index contributed by atoms with van der Waals surface area (Å²) in [6, 6.07) is 9.69. The van der Waals surface area contributed by atoms with E-state index in [1.54, 1.807) is 7.11 Å². The molecule has 3 aromatic rings. The van der Waals surface area contributed by atoms with E-state index in [9.17, 15) is 0 Å². The molecule has 4 rings (SSSR count). The fraction of sp³-hybridized carbons (Fsp3) is 0.538. The molecule has 3 heterocycles. The number of nitrogens with zero attached hydrogens (tertiary/aromatic N) is 4. The number of nitrogen functional groups attached to an aromatic ring is 1. The van der Waals surface area contributed by atoms with Crippen molar-refractivity contribution in [2.24, 2.45) is 0 Å². The van der Waals surface area contributed by atoms with Crippen molar-refractivity contribution in [2.45, 2.75) is 65.2 Å². The standard InChI is InChI=1S/C26H39N7O/c1-5-6-7-11-28-25-24-22(30-26(27)31-25)10-12-33(24)15-20-9-8-19(13-23(20)34-4)14-32-16-21(17-32)29-18(2)3/h8-10,12-13,18,21,29H,5-7,11,14-17H2,1-4H3,(H3,27,28,30,31). The molecule has 1 aliphatic heterocycles. The van der Waals surface area contributed by atoms with E-state index < -0.39 is 0 Å². The van der Waals surface area contributed by atoms with E-state index in [0.29, 0.717) is 24.6 Å². The molecule has 8 nitrogen and oxygen atoms in total. The molecule has 0 bridgehead atoms. The van der Waals surface area contributed by atoms with E-state index in [2.05, 4.69) is 69.0 Å².